The fraction of sp³-hybridized carbons (Fsp3) is 0.833. The lowest BCUT2D eigenvalue weighted by atomic mass is 9.88. The van der Waals surface area contributed by atoms with E-state index in [2.05, 4.69) is 6.92 Å². The van der Waals surface area contributed by atoms with Crippen molar-refractivity contribution in [2.45, 2.75) is 45.4 Å². The molecule has 0 unspecified atom stereocenters. The Morgan fingerprint density at radius 2 is 2.00 bits per heavy atom. The number of hydrogen-bond donors (Lipinski definition) is 1. The van der Waals surface area contributed by atoms with Gasteiger partial charge in [-0.2, -0.15) is 0 Å². The number of hydrogen-bond acceptors (Lipinski definition) is 2. The zero-order valence-corrected chi connectivity index (χ0v) is 10.9. The molecule has 0 aromatic carbocycles. The molecule has 1 aliphatic carbocycles. The Kier molecular flexibility index (Phi) is 5.74. The first-order valence-corrected chi connectivity index (χ1v) is 6.63. The van der Waals surface area contributed by atoms with Gasteiger partial charge >= 0.3 is 0 Å². The fourth-order valence-corrected chi connectivity index (χ4v) is 2.49. The van der Waals surface area contributed by atoms with E-state index in [0.29, 0.717) is 11.5 Å². The van der Waals surface area contributed by atoms with Crippen LogP contribution in [0.15, 0.2) is 0 Å². The van der Waals surface area contributed by atoms with E-state index in [-0.39, 0.29) is 11.8 Å². The van der Waals surface area contributed by atoms with Crippen LogP contribution in [0.1, 0.15) is 45.4 Å². The molecule has 0 radical (unpaired) electrons. The Bertz CT molecular complexity index is 249. The minimum absolute atomic E-state index is 0.217. The molecule has 1 aliphatic rings. The van der Waals surface area contributed by atoms with Crippen molar-refractivity contribution in [3.05, 3.63) is 0 Å². The number of amides is 1. The van der Waals surface area contributed by atoms with Crippen LogP contribution in [0.3, 0.4) is 0 Å². The standard InChI is InChI=1S/C12H22N2OS/c1-2-8-14(9-11(13)16)12(15)10-6-4-3-5-7-10/h10H,2-9H2,1H3,(H2,13,16). The summed E-state index contributed by atoms with van der Waals surface area (Å²) in [6.07, 6.45) is 6.67. The van der Waals surface area contributed by atoms with E-state index in [1.807, 2.05) is 4.90 Å². The van der Waals surface area contributed by atoms with Crippen LogP contribution < -0.4 is 5.73 Å². The van der Waals surface area contributed by atoms with Gasteiger partial charge in [-0.1, -0.05) is 38.4 Å². The van der Waals surface area contributed by atoms with E-state index in [9.17, 15) is 4.79 Å². The van der Waals surface area contributed by atoms with Gasteiger partial charge in [0, 0.05) is 12.5 Å². The minimum atomic E-state index is 0.217. The van der Waals surface area contributed by atoms with E-state index in [4.69, 9.17) is 18.0 Å². The van der Waals surface area contributed by atoms with Crippen LogP contribution in [-0.2, 0) is 4.79 Å². The summed E-state index contributed by atoms with van der Waals surface area (Å²) >= 11 is 4.89. The van der Waals surface area contributed by atoms with Crippen molar-refractivity contribution >= 4 is 23.1 Å². The molecule has 92 valence electrons. The summed E-state index contributed by atoms with van der Waals surface area (Å²) < 4.78 is 0. The van der Waals surface area contributed by atoms with Crippen molar-refractivity contribution in [2.24, 2.45) is 11.7 Å². The smallest absolute Gasteiger partial charge is 0.226 e. The molecule has 3 nitrogen and oxygen atoms in total. The highest BCUT2D eigenvalue weighted by molar-refractivity contribution is 7.80. The summed E-state index contributed by atoms with van der Waals surface area (Å²) in [6, 6.07) is 0. The van der Waals surface area contributed by atoms with Gasteiger partial charge in [0.25, 0.3) is 0 Å². The molecule has 0 aromatic rings. The van der Waals surface area contributed by atoms with Crippen molar-refractivity contribution in [3.8, 4) is 0 Å². The monoisotopic (exact) mass is 242 g/mol. The van der Waals surface area contributed by atoms with Crippen molar-refractivity contribution in [3.63, 3.8) is 0 Å². The van der Waals surface area contributed by atoms with Crippen LogP contribution in [0.25, 0.3) is 0 Å². The second kappa shape index (κ2) is 6.84. The lowest BCUT2D eigenvalue weighted by Gasteiger charge is -2.28. The van der Waals surface area contributed by atoms with Gasteiger partial charge in [-0.15, -0.1) is 0 Å². The highest BCUT2D eigenvalue weighted by Gasteiger charge is 2.25. The Hall–Kier alpha value is -0.640. The largest absolute Gasteiger partial charge is 0.392 e. The maximum Gasteiger partial charge on any atom is 0.226 e. The number of rotatable bonds is 5. The van der Waals surface area contributed by atoms with Crippen LogP contribution in [-0.4, -0.2) is 28.9 Å². The van der Waals surface area contributed by atoms with Gasteiger partial charge in [0.2, 0.25) is 5.91 Å². The molecular formula is C12H22N2OS. The van der Waals surface area contributed by atoms with E-state index >= 15 is 0 Å². The molecule has 2 N–H and O–H groups in total. The number of nitrogens with two attached hydrogens (primary N) is 1. The second-order valence-electron chi connectivity index (χ2n) is 4.56. The molecule has 0 aliphatic heterocycles. The van der Waals surface area contributed by atoms with E-state index in [0.717, 1.165) is 25.8 Å². The molecule has 0 saturated heterocycles. The Morgan fingerprint density at radius 1 is 1.38 bits per heavy atom. The van der Waals surface area contributed by atoms with Gasteiger partial charge in [-0.3, -0.25) is 4.79 Å². The molecule has 0 spiro atoms. The Labute approximate surface area is 103 Å². The van der Waals surface area contributed by atoms with Gasteiger partial charge < -0.3 is 10.6 Å². The van der Waals surface area contributed by atoms with Crippen molar-refractivity contribution < 1.29 is 4.79 Å². The maximum absolute atomic E-state index is 12.2. The first-order chi connectivity index (χ1) is 7.65. The molecule has 1 fully saturated rings. The molecule has 0 bridgehead atoms. The molecule has 1 rings (SSSR count). The summed E-state index contributed by atoms with van der Waals surface area (Å²) in [5, 5.41) is 0. The maximum atomic E-state index is 12.2. The van der Waals surface area contributed by atoms with Crippen molar-refractivity contribution in [1.82, 2.24) is 4.90 Å². The Balaban J connectivity index is 2.54. The quantitative estimate of drug-likeness (QED) is 0.751. The summed E-state index contributed by atoms with van der Waals surface area (Å²) in [5.74, 6) is 0.476. The van der Waals surface area contributed by atoms with Gasteiger partial charge in [0.1, 0.15) is 0 Å². The average molecular weight is 242 g/mol. The Morgan fingerprint density at radius 3 is 2.50 bits per heavy atom. The number of carbonyl (C=O) groups is 1. The first kappa shape index (κ1) is 13.4. The van der Waals surface area contributed by atoms with Crippen LogP contribution in [0.2, 0.25) is 0 Å². The summed E-state index contributed by atoms with van der Waals surface area (Å²) in [6.45, 7) is 3.28. The third-order valence-electron chi connectivity index (χ3n) is 3.11. The molecule has 1 amide bonds. The number of carbonyl (C=O) groups excluding carboxylic acids is 1. The normalized spacial score (nSPS) is 17.1. The van der Waals surface area contributed by atoms with E-state index < -0.39 is 0 Å². The van der Waals surface area contributed by atoms with E-state index in [1.165, 1.54) is 19.3 Å². The van der Waals surface area contributed by atoms with Crippen molar-refractivity contribution in [2.75, 3.05) is 13.1 Å². The molecule has 0 heterocycles. The predicted molar refractivity (Wildman–Crippen MR) is 70.2 cm³/mol. The highest BCUT2D eigenvalue weighted by atomic mass is 32.1. The van der Waals surface area contributed by atoms with Crippen molar-refractivity contribution in [1.29, 1.82) is 0 Å². The van der Waals surface area contributed by atoms with Gasteiger partial charge in [-0.05, 0) is 19.3 Å². The van der Waals surface area contributed by atoms with Gasteiger partial charge in [0.05, 0.1) is 11.5 Å². The number of nitrogens with zero attached hydrogens (tertiary/aromatic N) is 1. The van der Waals surface area contributed by atoms with Crippen LogP contribution in [0, 0.1) is 5.92 Å². The predicted octanol–water partition coefficient (Wildman–Crippen LogP) is 2.09. The summed E-state index contributed by atoms with van der Waals surface area (Å²) in [7, 11) is 0. The minimum Gasteiger partial charge on any atom is -0.392 e. The SMILES string of the molecule is CCCN(CC(N)=S)C(=O)C1CCCCC1. The third kappa shape index (κ3) is 4.08. The van der Waals surface area contributed by atoms with Crippen LogP contribution in [0.5, 0.6) is 0 Å². The first-order valence-electron chi connectivity index (χ1n) is 6.22. The average Bonchev–Trinajstić information content (AvgIpc) is 2.28. The topological polar surface area (TPSA) is 46.3 Å². The zero-order chi connectivity index (χ0) is 12.0. The van der Waals surface area contributed by atoms with E-state index in [1.54, 1.807) is 0 Å². The third-order valence-corrected chi connectivity index (χ3v) is 3.24. The lowest BCUT2D eigenvalue weighted by molar-refractivity contribution is -0.135. The van der Waals surface area contributed by atoms with Gasteiger partial charge in [-0.25, -0.2) is 0 Å². The lowest BCUT2D eigenvalue weighted by Crippen LogP contribution is -2.42. The molecule has 0 atom stereocenters. The molecule has 4 heteroatoms. The highest BCUT2D eigenvalue weighted by Crippen LogP contribution is 2.25. The molecule has 16 heavy (non-hydrogen) atoms. The molecule has 1 saturated carbocycles. The van der Waals surface area contributed by atoms with Crippen LogP contribution in [0.4, 0.5) is 0 Å². The summed E-state index contributed by atoms with van der Waals surface area (Å²) in [5.41, 5.74) is 5.53. The van der Waals surface area contributed by atoms with Gasteiger partial charge in [0.15, 0.2) is 0 Å². The molecule has 0 aromatic heterocycles. The molecular weight excluding hydrogens is 220 g/mol. The second-order valence-corrected chi connectivity index (χ2v) is 5.09. The number of thiocarbonyl (C=S) groups is 1. The zero-order valence-electron chi connectivity index (χ0n) is 10.1. The van der Waals surface area contributed by atoms with Crippen LogP contribution >= 0.6 is 12.2 Å². The fourth-order valence-electron chi connectivity index (χ4n) is 2.33. The summed E-state index contributed by atoms with van der Waals surface area (Å²) in [4.78, 5) is 14.5.